The summed E-state index contributed by atoms with van der Waals surface area (Å²) >= 11 is 0. The van der Waals surface area contributed by atoms with E-state index in [1.165, 1.54) is 32.8 Å². The second-order valence-corrected chi connectivity index (χ2v) is 15.5. The van der Waals surface area contributed by atoms with Crippen LogP contribution in [0.2, 0.25) is 0 Å². The predicted molar refractivity (Wildman–Crippen MR) is 253 cm³/mol. The van der Waals surface area contributed by atoms with Gasteiger partial charge in [-0.1, -0.05) is 146 Å². The summed E-state index contributed by atoms with van der Waals surface area (Å²) in [5, 5.41) is 4.82. The second kappa shape index (κ2) is 14.7. The molecular formula is C56H36N6. The monoisotopic (exact) mass is 792 g/mol. The van der Waals surface area contributed by atoms with Gasteiger partial charge in [0.2, 0.25) is 0 Å². The van der Waals surface area contributed by atoms with E-state index in [4.69, 9.17) is 19.9 Å². The molecule has 62 heavy (non-hydrogen) atoms. The van der Waals surface area contributed by atoms with Gasteiger partial charge < -0.3 is 9.13 Å². The summed E-state index contributed by atoms with van der Waals surface area (Å²) in [4.78, 5) is 19.7. The lowest BCUT2D eigenvalue weighted by Gasteiger charge is -2.12. The van der Waals surface area contributed by atoms with Gasteiger partial charge in [-0.05, 0) is 77.9 Å². The third kappa shape index (κ3) is 6.04. The molecule has 0 spiro atoms. The van der Waals surface area contributed by atoms with Crippen LogP contribution in [0.5, 0.6) is 0 Å². The molecule has 0 N–H and O–H groups in total. The Morgan fingerprint density at radius 3 is 1.47 bits per heavy atom. The molecule has 0 aliphatic heterocycles. The van der Waals surface area contributed by atoms with Crippen LogP contribution in [0.4, 0.5) is 0 Å². The van der Waals surface area contributed by atoms with Crippen molar-refractivity contribution in [3.05, 3.63) is 219 Å². The highest BCUT2D eigenvalue weighted by Gasteiger charge is 2.18. The lowest BCUT2D eigenvalue weighted by atomic mass is 10.0. The first-order valence-corrected chi connectivity index (χ1v) is 20.8. The highest BCUT2D eigenvalue weighted by molar-refractivity contribution is 6.11. The van der Waals surface area contributed by atoms with E-state index in [0.29, 0.717) is 17.5 Å². The summed E-state index contributed by atoms with van der Waals surface area (Å²) in [5.74, 6) is 1.85. The summed E-state index contributed by atoms with van der Waals surface area (Å²) in [6.45, 7) is 0. The number of hydrogen-bond acceptors (Lipinski definition) is 4. The fourth-order valence-electron chi connectivity index (χ4n) is 8.91. The Hall–Kier alpha value is -8.48. The molecule has 4 heterocycles. The van der Waals surface area contributed by atoms with Crippen LogP contribution >= 0.6 is 0 Å². The summed E-state index contributed by atoms with van der Waals surface area (Å²) in [7, 11) is 0. The van der Waals surface area contributed by atoms with Gasteiger partial charge >= 0.3 is 0 Å². The van der Waals surface area contributed by atoms with E-state index in [2.05, 4.69) is 155 Å². The van der Waals surface area contributed by atoms with Gasteiger partial charge in [-0.3, -0.25) is 4.98 Å². The van der Waals surface area contributed by atoms with Gasteiger partial charge in [0.05, 0.1) is 27.8 Å². The van der Waals surface area contributed by atoms with Crippen molar-refractivity contribution in [1.82, 2.24) is 29.1 Å². The van der Waals surface area contributed by atoms with Crippen molar-refractivity contribution < 1.29 is 0 Å². The number of para-hydroxylation sites is 3. The first kappa shape index (κ1) is 35.5. The maximum atomic E-state index is 4.98. The Kier molecular flexibility index (Phi) is 8.38. The van der Waals surface area contributed by atoms with Crippen molar-refractivity contribution in [2.45, 2.75) is 0 Å². The smallest absolute Gasteiger partial charge is 0.164 e. The first-order chi connectivity index (χ1) is 30.7. The van der Waals surface area contributed by atoms with Gasteiger partial charge in [0.15, 0.2) is 17.5 Å². The number of pyridine rings is 1. The van der Waals surface area contributed by atoms with Gasteiger partial charge in [-0.15, -0.1) is 0 Å². The molecule has 4 aromatic heterocycles. The quantitative estimate of drug-likeness (QED) is 0.161. The molecule has 12 rings (SSSR count). The van der Waals surface area contributed by atoms with Crippen molar-refractivity contribution in [1.29, 1.82) is 0 Å². The zero-order chi connectivity index (χ0) is 41.0. The molecule has 6 heteroatoms. The molecule has 0 saturated carbocycles. The molecule has 12 aromatic rings. The van der Waals surface area contributed by atoms with E-state index in [1.807, 2.05) is 72.9 Å². The molecular weight excluding hydrogens is 757 g/mol. The molecule has 0 fully saturated rings. The average molecular weight is 793 g/mol. The Morgan fingerprint density at radius 2 is 0.774 bits per heavy atom. The first-order valence-electron chi connectivity index (χ1n) is 20.8. The van der Waals surface area contributed by atoms with Crippen LogP contribution in [0.3, 0.4) is 0 Å². The van der Waals surface area contributed by atoms with Gasteiger partial charge in [-0.2, -0.15) is 0 Å². The Morgan fingerprint density at radius 1 is 0.274 bits per heavy atom. The van der Waals surface area contributed by atoms with Gasteiger partial charge in [-0.25, -0.2) is 15.0 Å². The molecule has 0 atom stereocenters. The lowest BCUT2D eigenvalue weighted by Crippen LogP contribution is -2.00. The van der Waals surface area contributed by atoms with Gasteiger partial charge in [0.1, 0.15) is 0 Å². The molecule has 0 amide bonds. The lowest BCUT2D eigenvalue weighted by molar-refractivity contribution is 1.07. The van der Waals surface area contributed by atoms with Crippen molar-refractivity contribution in [2.75, 3.05) is 0 Å². The van der Waals surface area contributed by atoms with E-state index < -0.39 is 0 Å². The fraction of sp³-hybridized carbons (Fsp3) is 0. The van der Waals surface area contributed by atoms with E-state index in [9.17, 15) is 0 Å². The molecule has 290 valence electrons. The molecule has 0 bridgehead atoms. The van der Waals surface area contributed by atoms with E-state index in [0.717, 1.165) is 61.3 Å². The average Bonchev–Trinajstić information content (AvgIpc) is 3.87. The molecule has 0 radical (unpaired) electrons. The molecule has 8 aromatic carbocycles. The standard InChI is InChI=1S/C56H36N6/c1-4-15-37(16-5-1)54-58-55(38-17-6-2-7-18-38)60-56(59-54)42-31-32-57-49(35-42)41-28-30-52-48(34-41)46-24-11-13-26-51(46)62(52)44-22-14-19-39(33-44)40-27-29-47-45-23-10-12-25-50(45)61(53(47)36-40)43-20-8-3-9-21-43/h1-36H. The van der Waals surface area contributed by atoms with Gasteiger partial charge in [0.25, 0.3) is 0 Å². The number of nitrogens with zero attached hydrogens (tertiary/aromatic N) is 6. The summed E-state index contributed by atoms with van der Waals surface area (Å²) in [6, 6.07) is 74.5. The third-order valence-corrected chi connectivity index (χ3v) is 11.8. The number of hydrogen-bond donors (Lipinski definition) is 0. The normalized spacial score (nSPS) is 11.5. The van der Waals surface area contributed by atoms with Crippen molar-refractivity contribution in [3.63, 3.8) is 0 Å². The second-order valence-electron chi connectivity index (χ2n) is 15.5. The zero-order valence-electron chi connectivity index (χ0n) is 33.5. The minimum Gasteiger partial charge on any atom is -0.309 e. The topological polar surface area (TPSA) is 61.4 Å². The zero-order valence-corrected chi connectivity index (χ0v) is 33.5. The van der Waals surface area contributed by atoms with Crippen LogP contribution in [-0.4, -0.2) is 29.1 Å². The highest BCUT2D eigenvalue weighted by Crippen LogP contribution is 2.38. The largest absolute Gasteiger partial charge is 0.309 e. The fourth-order valence-corrected chi connectivity index (χ4v) is 8.91. The van der Waals surface area contributed by atoms with Gasteiger partial charge in [0, 0.05) is 61.4 Å². The molecule has 0 aliphatic rings. The minimum absolute atomic E-state index is 0.597. The maximum Gasteiger partial charge on any atom is 0.164 e. The Bertz CT molecular complexity index is 3570. The van der Waals surface area contributed by atoms with Crippen molar-refractivity contribution in [2.24, 2.45) is 0 Å². The molecule has 6 nitrogen and oxygen atoms in total. The predicted octanol–water partition coefficient (Wildman–Crippen LogP) is 13.8. The number of aromatic nitrogens is 6. The van der Waals surface area contributed by atoms with Crippen LogP contribution in [0, 0.1) is 0 Å². The van der Waals surface area contributed by atoms with E-state index in [1.54, 1.807) is 0 Å². The SMILES string of the molecule is c1ccc(-c2nc(-c3ccccc3)nc(-c3ccnc(-c4ccc5c(c4)c4ccccc4n5-c4cccc(-c5ccc6c7ccccc7n(-c7ccccc7)c6c5)c4)c3)n2)cc1. The number of fused-ring (bicyclic) bond motifs is 6. The summed E-state index contributed by atoms with van der Waals surface area (Å²) in [6.07, 6.45) is 1.84. The van der Waals surface area contributed by atoms with Crippen LogP contribution in [0.15, 0.2) is 219 Å². The summed E-state index contributed by atoms with van der Waals surface area (Å²) in [5.41, 5.74) is 13.8. The van der Waals surface area contributed by atoms with Crippen molar-refractivity contribution >= 4 is 43.6 Å². The molecule has 0 aliphatic carbocycles. The number of benzene rings is 8. The maximum absolute atomic E-state index is 4.98. The van der Waals surface area contributed by atoms with E-state index in [-0.39, 0.29) is 0 Å². The van der Waals surface area contributed by atoms with Crippen LogP contribution in [0.1, 0.15) is 0 Å². The Balaban J connectivity index is 0.953. The third-order valence-electron chi connectivity index (χ3n) is 11.8. The molecule has 0 saturated heterocycles. The van der Waals surface area contributed by atoms with Crippen molar-refractivity contribution in [3.8, 4) is 67.9 Å². The van der Waals surface area contributed by atoms with E-state index >= 15 is 0 Å². The van der Waals surface area contributed by atoms with Crippen LogP contribution < -0.4 is 0 Å². The minimum atomic E-state index is 0.597. The van der Waals surface area contributed by atoms with Crippen LogP contribution in [-0.2, 0) is 0 Å². The molecule has 0 unspecified atom stereocenters. The summed E-state index contributed by atoms with van der Waals surface area (Å²) < 4.78 is 4.75. The highest BCUT2D eigenvalue weighted by atomic mass is 15.0. The van der Waals surface area contributed by atoms with Crippen LogP contribution in [0.25, 0.3) is 112 Å². The Labute approximate surface area is 357 Å². The number of rotatable bonds is 7.